The normalized spacial score (nSPS) is 10.7. The Balaban J connectivity index is 3.32. The Kier molecular flexibility index (Phi) is 12.7. The molecule has 0 bridgehead atoms. The molecule has 0 atom stereocenters. The molecule has 0 unspecified atom stereocenters. The lowest BCUT2D eigenvalue weighted by atomic mass is 10.0. The van der Waals surface area contributed by atoms with Crippen LogP contribution >= 0.6 is 21.6 Å². The second kappa shape index (κ2) is 12.8. The van der Waals surface area contributed by atoms with Crippen molar-refractivity contribution in [1.82, 2.24) is 10.6 Å². The van der Waals surface area contributed by atoms with Crippen LogP contribution in [0.4, 0.5) is 0 Å². The Morgan fingerprint density at radius 3 is 2.26 bits per heavy atom. The van der Waals surface area contributed by atoms with E-state index in [2.05, 4.69) is 17.6 Å². The van der Waals surface area contributed by atoms with E-state index in [0.29, 0.717) is 19.4 Å². The molecule has 0 aromatic heterocycles. The molecular formula is C13H26N2O2S2. The van der Waals surface area contributed by atoms with Crippen LogP contribution in [0, 0.1) is 5.92 Å². The van der Waals surface area contributed by atoms with Gasteiger partial charge in [0.05, 0.1) is 0 Å². The van der Waals surface area contributed by atoms with Crippen molar-refractivity contribution < 1.29 is 9.59 Å². The zero-order valence-electron chi connectivity index (χ0n) is 12.2. The third-order valence-electron chi connectivity index (χ3n) is 2.45. The van der Waals surface area contributed by atoms with Gasteiger partial charge in [0.1, 0.15) is 5.78 Å². The van der Waals surface area contributed by atoms with Crippen molar-refractivity contribution in [2.75, 3.05) is 31.1 Å². The van der Waals surface area contributed by atoms with E-state index in [1.165, 1.54) is 0 Å². The molecule has 0 heterocycles. The molecule has 0 fully saturated rings. The van der Waals surface area contributed by atoms with E-state index in [4.69, 9.17) is 0 Å². The van der Waals surface area contributed by atoms with Gasteiger partial charge in [-0.3, -0.25) is 9.59 Å². The molecule has 0 aromatic carbocycles. The van der Waals surface area contributed by atoms with Crippen LogP contribution in [-0.4, -0.2) is 42.8 Å². The highest BCUT2D eigenvalue weighted by atomic mass is 33.1. The van der Waals surface area contributed by atoms with Gasteiger partial charge in [-0.2, -0.15) is 0 Å². The molecule has 19 heavy (non-hydrogen) atoms. The molecule has 1 amide bonds. The van der Waals surface area contributed by atoms with Gasteiger partial charge in [0.25, 0.3) is 0 Å². The first-order chi connectivity index (χ1) is 9.07. The molecule has 0 aliphatic heterocycles. The van der Waals surface area contributed by atoms with Gasteiger partial charge in [-0.25, -0.2) is 0 Å². The topological polar surface area (TPSA) is 58.2 Å². The fourth-order valence-corrected chi connectivity index (χ4v) is 3.11. The highest BCUT2D eigenvalue weighted by Crippen LogP contribution is 2.19. The smallest absolute Gasteiger partial charge is 0.220 e. The fraction of sp³-hybridized carbons (Fsp3) is 0.846. The molecule has 0 saturated heterocycles. The van der Waals surface area contributed by atoms with Crippen molar-refractivity contribution in [1.29, 1.82) is 0 Å². The monoisotopic (exact) mass is 306 g/mol. The molecule has 0 saturated carbocycles. The molecule has 6 heteroatoms. The lowest BCUT2D eigenvalue weighted by Crippen LogP contribution is -2.26. The summed E-state index contributed by atoms with van der Waals surface area (Å²) < 4.78 is 0. The summed E-state index contributed by atoms with van der Waals surface area (Å²) in [6, 6.07) is 0. The van der Waals surface area contributed by atoms with Gasteiger partial charge in [-0.05, 0) is 6.54 Å². The Hall–Kier alpha value is -0.200. The second-order valence-corrected chi connectivity index (χ2v) is 7.17. The Morgan fingerprint density at radius 1 is 1.05 bits per heavy atom. The average Bonchev–Trinajstić information content (AvgIpc) is 2.38. The summed E-state index contributed by atoms with van der Waals surface area (Å²) in [4.78, 5) is 22.8. The maximum atomic E-state index is 11.5. The average molecular weight is 306 g/mol. The molecular weight excluding hydrogens is 280 g/mol. The van der Waals surface area contributed by atoms with Gasteiger partial charge < -0.3 is 10.6 Å². The minimum absolute atomic E-state index is 0.0211. The predicted molar refractivity (Wildman–Crippen MR) is 85.5 cm³/mol. The highest BCUT2D eigenvalue weighted by Gasteiger charge is 2.09. The lowest BCUT2D eigenvalue weighted by molar-refractivity contribution is -0.126. The molecule has 2 N–H and O–H groups in total. The van der Waals surface area contributed by atoms with Crippen LogP contribution in [0.1, 0.15) is 33.6 Å². The Labute approximate surface area is 124 Å². The molecule has 0 radical (unpaired) electrons. The largest absolute Gasteiger partial charge is 0.355 e. The number of carbonyl (C=O) groups is 2. The van der Waals surface area contributed by atoms with E-state index in [-0.39, 0.29) is 17.6 Å². The van der Waals surface area contributed by atoms with Crippen LogP contribution < -0.4 is 10.6 Å². The maximum absolute atomic E-state index is 11.5. The third-order valence-corrected chi connectivity index (χ3v) is 4.85. The first-order valence-corrected chi connectivity index (χ1v) is 9.31. The van der Waals surface area contributed by atoms with Crippen molar-refractivity contribution in [3.63, 3.8) is 0 Å². The number of carbonyl (C=O) groups excluding carboxylic acids is 2. The number of amides is 1. The van der Waals surface area contributed by atoms with E-state index in [1.54, 1.807) is 10.8 Å². The molecule has 0 aliphatic carbocycles. The molecule has 0 rings (SSSR count). The first-order valence-electron chi connectivity index (χ1n) is 6.82. The molecule has 112 valence electrons. The third kappa shape index (κ3) is 12.6. The minimum atomic E-state index is -0.0211. The molecule has 0 aliphatic rings. The van der Waals surface area contributed by atoms with Gasteiger partial charge in [0.15, 0.2) is 0 Å². The van der Waals surface area contributed by atoms with Crippen molar-refractivity contribution >= 4 is 33.3 Å². The first kappa shape index (κ1) is 18.8. The molecule has 0 spiro atoms. The number of hydrogen-bond acceptors (Lipinski definition) is 5. The summed E-state index contributed by atoms with van der Waals surface area (Å²) in [7, 11) is 3.59. The Morgan fingerprint density at radius 2 is 1.68 bits per heavy atom. The summed E-state index contributed by atoms with van der Waals surface area (Å²) in [6.45, 7) is 8.53. The Bertz CT molecular complexity index is 261. The fourth-order valence-electron chi connectivity index (χ4n) is 1.25. The summed E-state index contributed by atoms with van der Waals surface area (Å²) >= 11 is 0. The predicted octanol–water partition coefficient (Wildman–Crippen LogP) is 2.10. The van der Waals surface area contributed by atoms with Crippen molar-refractivity contribution in [3.8, 4) is 0 Å². The number of hydrogen-bond donors (Lipinski definition) is 2. The zero-order valence-corrected chi connectivity index (χ0v) is 13.8. The van der Waals surface area contributed by atoms with Gasteiger partial charge in [-0.15, -0.1) is 0 Å². The number of Topliss-reactive ketones (excluding diaryl/α,β-unsaturated/α-hetero) is 1. The van der Waals surface area contributed by atoms with Gasteiger partial charge in [0, 0.05) is 43.4 Å². The SMILES string of the molecule is CCNCCSSCCNC(=O)CCC(=O)C(C)C. The summed E-state index contributed by atoms with van der Waals surface area (Å²) in [5.74, 6) is 2.14. The van der Waals surface area contributed by atoms with Gasteiger partial charge >= 0.3 is 0 Å². The van der Waals surface area contributed by atoms with Gasteiger partial charge in [-0.1, -0.05) is 42.4 Å². The van der Waals surface area contributed by atoms with E-state index in [0.717, 1.165) is 24.6 Å². The van der Waals surface area contributed by atoms with Crippen molar-refractivity contribution in [2.45, 2.75) is 33.6 Å². The quantitative estimate of drug-likeness (QED) is 0.427. The van der Waals surface area contributed by atoms with Crippen LogP contribution in [0.3, 0.4) is 0 Å². The van der Waals surface area contributed by atoms with E-state index >= 15 is 0 Å². The van der Waals surface area contributed by atoms with E-state index in [1.807, 2.05) is 24.6 Å². The summed E-state index contributed by atoms with van der Waals surface area (Å²) in [5, 5.41) is 6.10. The number of rotatable bonds is 12. The number of ketones is 1. The number of nitrogens with one attached hydrogen (secondary N) is 2. The maximum Gasteiger partial charge on any atom is 0.220 e. The summed E-state index contributed by atoms with van der Waals surface area (Å²) in [6.07, 6.45) is 0.670. The van der Waals surface area contributed by atoms with Crippen LogP contribution in [0.2, 0.25) is 0 Å². The second-order valence-electron chi connectivity index (χ2n) is 4.47. The molecule has 0 aromatic rings. The standard InChI is InChI=1S/C13H26N2O2S2/c1-4-14-7-9-18-19-10-8-15-13(17)6-5-12(16)11(2)3/h11,14H,4-10H2,1-3H3,(H,15,17). The minimum Gasteiger partial charge on any atom is -0.355 e. The zero-order chi connectivity index (χ0) is 14.5. The van der Waals surface area contributed by atoms with Crippen LogP contribution in [0.25, 0.3) is 0 Å². The highest BCUT2D eigenvalue weighted by molar-refractivity contribution is 8.76. The van der Waals surface area contributed by atoms with E-state index in [9.17, 15) is 9.59 Å². The van der Waals surface area contributed by atoms with E-state index < -0.39 is 0 Å². The lowest BCUT2D eigenvalue weighted by Gasteiger charge is -2.06. The molecule has 4 nitrogen and oxygen atoms in total. The summed E-state index contributed by atoms with van der Waals surface area (Å²) in [5.41, 5.74) is 0. The van der Waals surface area contributed by atoms with Crippen LogP contribution in [0.5, 0.6) is 0 Å². The van der Waals surface area contributed by atoms with Gasteiger partial charge in [0.2, 0.25) is 5.91 Å². The van der Waals surface area contributed by atoms with Crippen LogP contribution in [0.15, 0.2) is 0 Å². The van der Waals surface area contributed by atoms with Crippen molar-refractivity contribution in [2.24, 2.45) is 5.92 Å². The van der Waals surface area contributed by atoms with Crippen LogP contribution in [-0.2, 0) is 9.59 Å². The van der Waals surface area contributed by atoms with Crippen molar-refractivity contribution in [3.05, 3.63) is 0 Å².